The van der Waals surface area contributed by atoms with Gasteiger partial charge < -0.3 is 10.2 Å². The molecule has 118 valence electrons. The van der Waals surface area contributed by atoms with Crippen molar-refractivity contribution in [3.05, 3.63) is 35.9 Å². The predicted octanol–water partition coefficient (Wildman–Crippen LogP) is 3.89. The van der Waals surface area contributed by atoms with Crippen molar-refractivity contribution in [3.63, 3.8) is 0 Å². The number of nitrogens with zero attached hydrogens (tertiary/aromatic N) is 1. The minimum absolute atomic E-state index is 0.642. The number of hydrogen-bond acceptors (Lipinski definition) is 2. The zero-order valence-electron chi connectivity index (χ0n) is 13.9. The average Bonchev–Trinajstić information content (AvgIpc) is 3.04. The Morgan fingerprint density at radius 2 is 1.86 bits per heavy atom. The molecule has 0 amide bonds. The van der Waals surface area contributed by atoms with Gasteiger partial charge in [0.1, 0.15) is 0 Å². The molecule has 0 aromatic heterocycles. The Hall–Kier alpha value is -0.860. The van der Waals surface area contributed by atoms with E-state index in [1.165, 1.54) is 50.9 Å². The fourth-order valence-corrected chi connectivity index (χ4v) is 3.32. The Balaban J connectivity index is 1.71. The molecule has 1 aromatic rings. The first-order chi connectivity index (χ1) is 10.3. The van der Waals surface area contributed by atoms with E-state index in [-0.39, 0.29) is 0 Å². The van der Waals surface area contributed by atoms with E-state index in [2.05, 4.69) is 54.4 Å². The van der Waals surface area contributed by atoms with Gasteiger partial charge in [-0.15, -0.1) is 0 Å². The molecule has 21 heavy (non-hydrogen) atoms. The van der Waals surface area contributed by atoms with Crippen molar-refractivity contribution >= 4 is 0 Å². The Kier molecular flexibility index (Phi) is 7.25. The second-order valence-electron chi connectivity index (χ2n) is 6.51. The van der Waals surface area contributed by atoms with Gasteiger partial charge in [-0.2, -0.15) is 0 Å². The Morgan fingerprint density at radius 3 is 2.52 bits per heavy atom. The molecule has 2 unspecified atom stereocenters. The summed E-state index contributed by atoms with van der Waals surface area (Å²) in [6.45, 7) is 10.8. The van der Waals surface area contributed by atoms with Crippen molar-refractivity contribution in [2.45, 2.75) is 45.4 Å². The summed E-state index contributed by atoms with van der Waals surface area (Å²) in [6.07, 6.45) is 5.33. The van der Waals surface area contributed by atoms with Gasteiger partial charge in [-0.1, -0.05) is 50.6 Å². The molecule has 0 saturated carbocycles. The van der Waals surface area contributed by atoms with Gasteiger partial charge in [0, 0.05) is 6.54 Å². The lowest BCUT2D eigenvalue weighted by Crippen LogP contribution is -2.29. The van der Waals surface area contributed by atoms with Crippen molar-refractivity contribution in [1.82, 2.24) is 10.2 Å². The van der Waals surface area contributed by atoms with Crippen molar-refractivity contribution in [2.75, 3.05) is 32.7 Å². The first kappa shape index (κ1) is 16.5. The molecule has 1 aliphatic rings. The fraction of sp³-hybridized carbons (Fsp3) is 0.684. The highest BCUT2D eigenvalue weighted by molar-refractivity contribution is 5.20. The summed E-state index contributed by atoms with van der Waals surface area (Å²) >= 11 is 0. The van der Waals surface area contributed by atoms with Gasteiger partial charge in [0.2, 0.25) is 0 Å². The summed E-state index contributed by atoms with van der Waals surface area (Å²) in [5, 5.41) is 3.70. The second kappa shape index (κ2) is 9.22. The number of benzene rings is 1. The summed E-state index contributed by atoms with van der Waals surface area (Å²) in [5.41, 5.74) is 1.49. The molecule has 1 saturated heterocycles. The molecule has 0 radical (unpaired) electrons. The van der Waals surface area contributed by atoms with E-state index in [0.29, 0.717) is 5.92 Å². The molecule has 0 spiro atoms. The molecule has 2 heteroatoms. The lowest BCUT2D eigenvalue weighted by Gasteiger charge is -2.24. The summed E-state index contributed by atoms with van der Waals surface area (Å²) in [7, 11) is 0. The topological polar surface area (TPSA) is 15.3 Å². The maximum atomic E-state index is 3.70. The smallest absolute Gasteiger partial charge is 0.00227 e. The highest BCUT2D eigenvalue weighted by Crippen LogP contribution is 2.26. The minimum Gasteiger partial charge on any atom is -0.316 e. The van der Waals surface area contributed by atoms with Crippen LogP contribution in [0.15, 0.2) is 30.3 Å². The quantitative estimate of drug-likeness (QED) is 0.694. The van der Waals surface area contributed by atoms with Crippen LogP contribution in [0.2, 0.25) is 0 Å². The van der Waals surface area contributed by atoms with E-state index < -0.39 is 0 Å². The van der Waals surface area contributed by atoms with E-state index in [4.69, 9.17) is 0 Å². The lowest BCUT2D eigenvalue weighted by atomic mass is 9.85. The largest absolute Gasteiger partial charge is 0.316 e. The number of rotatable bonds is 9. The molecule has 1 heterocycles. The van der Waals surface area contributed by atoms with E-state index >= 15 is 0 Å². The highest BCUT2D eigenvalue weighted by atomic mass is 15.1. The van der Waals surface area contributed by atoms with Gasteiger partial charge >= 0.3 is 0 Å². The minimum atomic E-state index is 0.642. The van der Waals surface area contributed by atoms with Gasteiger partial charge in [-0.25, -0.2) is 0 Å². The summed E-state index contributed by atoms with van der Waals surface area (Å²) in [4.78, 5) is 2.60. The van der Waals surface area contributed by atoms with Crippen LogP contribution in [0.4, 0.5) is 0 Å². The third kappa shape index (κ3) is 5.44. The maximum absolute atomic E-state index is 3.70. The zero-order valence-corrected chi connectivity index (χ0v) is 13.9. The zero-order chi connectivity index (χ0) is 14.9. The monoisotopic (exact) mass is 288 g/mol. The van der Waals surface area contributed by atoms with E-state index in [0.717, 1.165) is 19.0 Å². The third-order valence-electron chi connectivity index (χ3n) is 4.95. The molecule has 0 aliphatic carbocycles. The van der Waals surface area contributed by atoms with Crippen molar-refractivity contribution in [3.8, 4) is 0 Å². The van der Waals surface area contributed by atoms with E-state index in [9.17, 15) is 0 Å². The molecule has 1 N–H and O–H groups in total. The van der Waals surface area contributed by atoms with Gasteiger partial charge in [0.25, 0.3) is 0 Å². The van der Waals surface area contributed by atoms with Crippen LogP contribution in [0.25, 0.3) is 0 Å². The summed E-state index contributed by atoms with van der Waals surface area (Å²) in [5.74, 6) is 1.38. The van der Waals surface area contributed by atoms with Crippen molar-refractivity contribution in [1.29, 1.82) is 0 Å². The molecule has 0 bridgehead atoms. The van der Waals surface area contributed by atoms with Crippen LogP contribution in [-0.2, 0) is 0 Å². The third-order valence-corrected chi connectivity index (χ3v) is 4.95. The molecular formula is C19H32N2. The first-order valence-electron chi connectivity index (χ1n) is 8.79. The van der Waals surface area contributed by atoms with Crippen LogP contribution in [0.5, 0.6) is 0 Å². The Bertz CT molecular complexity index is 370. The molecular weight excluding hydrogens is 256 g/mol. The molecule has 1 aliphatic heterocycles. The van der Waals surface area contributed by atoms with Crippen molar-refractivity contribution < 1.29 is 0 Å². The Morgan fingerprint density at radius 1 is 1.14 bits per heavy atom. The molecule has 2 atom stereocenters. The normalized spacial score (nSPS) is 18.8. The summed E-state index contributed by atoms with van der Waals surface area (Å²) < 4.78 is 0. The van der Waals surface area contributed by atoms with Gasteiger partial charge in [-0.3, -0.25) is 0 Å². The van der Waals surface area contributed by atoms with Gasteiger partial charge in [-0.05, 0) is 62.8 Å². The van der Waals surface area contributed by atoms with Crippen LogP contribution < -0.4 is 5.32 Å². The van der Waals surface area contributed by atoms with Crippen LogP contribution in [-0.4, -0.2) is 37.6 Å². The molecule has 2 rings (SSSR count). The SMILES string of the molecule is CCC(C)C(CNCCCN1CCCC1)c1ccccc1. The maximum Gasteiger partial charge on any atom is 0.00227 e. The van der Waals surface area contributed by atoms with Crippen LogP contribution in [0.3, 0.4) is 0 Å². The lowest BCUT2D eigenvalue weighted by molar-refractivity contribution is 0.328. The summed E-state index contributed by atoms with van der Waals surface area (Å²) in [6, 6.07) is 11.0. The first-order valence-corrected chi connectivity index (χ1v) is 8.79. The van der Waals surface area contributed by atoms with E-state index in [1.54, 1.807) is 0 Å². The van der Waals surface area contributed by atoms with Crippen LogP contribution in [0, 0.1) is 5.92 Å². The van der Waals surface area contributed by atoms with Gasteiger partial charge in [0.05, 0.1) is 0 Å². The number of nitrogens with one attached hydrogen (secondary N) is 1. The molecule has 2 nitrogen and oxygen atoms in total. The van der Waals surface area contributed by atoms with E-state index in [1.807, 2.05) is 0 Å². The fourth-order valence-electron chi connectivity index (χ4n) is 3.32. The van der Waals surface area contributed by atoms with Crippen LogP contribution >= 0.6 is 0 Å². The molecule has 1 fully saturated rings. The van der Waals surface area contributed by atoms with Gasteiger partial charge in [0.15, 0.2) is 0 Å². The standard InChI is InChI=1S/C19H32N2/c1-3-17(2)19(18-10-5-4-6-11-18)16-20-12-9-15-21-13-7-8-14-21/h4-6,10-11,17,19-20H,3,7-9,12-16H2,1-2H3. The number of likely N-dealkylation sites (tertiary alicyclic amines) is 1. The average molecular weight is 288 g/mol. The van der Waals surface area contributed by atoms with Crippen LogP contribution in [0.1, 0.15) is 51.0 Å². The predicted molar refractivity (Wildman–Crippen MR) is 91.8 cm³/mol. The second-order valence-corrected chi connectivity index (χ2v) is 6.51. The highest BCUT2D eigenvalue weighted by Gasteiger charge is 2.17. The number of hydrogen-bond donors (Lipinski definition) is 1. The molecule has 1 aromatic carbocycles. The van der Waals surface area contributed by atoms with Crippen molar-refractivity contribution in [2.24, 2.45) is 5.92 Å². The Labute approximate surface area is 130 Å².